The van der Waals surface area contributed by atoms with E-state index in [4.69, 9.17) is 15.3 Å². The van der Waals surface area contributed by atoms with Gasteiger partial charge in [-0.3, -0.25) is 0 Å². The minimum absolute atomic E-state index is 0.476. The van der Waals surface area contributed by atoms with Gasteiger partial charge in [0.1, 0.15) is 18.2 Å². The van der Waals surface area contributed by atoms with E-state index in [1.807, 2.05) is 0 Å². The number of aryl methyl sites for hydroxylation is 1. The fourth-order valence-electron chi connectivity index (χ4n) is 1.24. The van der Waals surface area contributed by atoms with Gasteiger partial charge in [-0.2, -0.15) is 4.98 Å². The van der Waals surface area contributed by atoms with Crippen LogP contribution in [0.4, 0.5) is 5.82 Å². The number of nitrogens with two attached hydrogens (primary N) is 1. The lowest BCUT2D eigenvalue weighted by atomic mass is 10.4. The fraction of sp³-hybridized carbons (Fsp3) is 0.636. The molecule has 1 aromatic heterocycles. The maximum atomic E-state index is 5.44. The Balaban J connectivity index is 2.28. The van der Waals surface area contributed by atoms with Crippen molar-refractivity contribution in [1.29, 1.82) is 0 Å². The van der Waals surface area contributed by atoms with Crippen molar-refractivity contribution in [2.24, 2.45) is 5.84 Å². The second-order valence-electron chi connectivity index (χ2n) is 3.60. The average Bonchev–Trinajstić information content (AvgIpc) is 2.33. The molecule has 0 fully saturated rings. The van der Waals surface area contributed by atoms with Crippen LogP contribution in [0.5, 0.6) is 5.88 Å². The summed E-state index contributed by atoms with van der Waals surface area (Å²) >= 11 is 0. The zero-order chi connectivity index (χ0) is 12.5. The summed E-state index contributed by atoms with van der Waals surface area (Å²) in [6.45, 7) is 5.73. The van der Waals surface area contributed by atoms with Crippen molar-refractivity contribution in [3.8, 4) is 5.88 Å². The Labute approximate surface area is 102 Å². The zero-order valence-corrected chi connectivity index (χ0v) is 10.4. The van der Waals surface area contributed by atoms with Gasteiger partial charge in [0.25, 0.3) is 0 Å². The smallest absolute Gasteiger partial charge is 0.218 e. The summed E-state index contributed by atoms with van der Waals surface area (Å²) < 4.78 is 10.8. The van der Waals surface area contributed by atoms with Crippen LogP contribution in [-0.4, -0.2) is 29.8 Å². The van der Waals surface area contributed by atoms with Crippen LogP contribution in [0.15, 0.2) is 6.07 Å². The zero-order valence-electron chi connectivity index (χ0n) is 10.4. The highest BCUT2D eigenvalue weighted by molar-refractivity contribution is 5.36. The summed E-state index contributed by atoms with van der Waals surface area (Å²) in [4.78, 5) is 8.19. The Morgan fingerprint density at radius 3 is 2.82 bits per heavy atom. The highest BCUT2D eigenvalue weighted by Crippen LogP contribution is 2.11. The molecule has 0 unspecified atom stereocenters. The number of unbranched alkanes of at least 4 members (excludes halogenated alkanes) is 1. The van der Waals surface area contributed by atoms with Crippen LogP contribution in [0.2, 0.25) is 0 Å². The maximum Gasteiger partial charge on any atom is 0.218 e. The number of rotatable bonds is 8. The molecule has 96 valence electrons. The first-order valence-electron chi connectivity index (χ1n) is 5.79. The van der Waals surface area contributed by atoms with Crippen molar-refractivity contribution in [2.45, 2.75) is 26.7 Å². The van der Waals surface area contributed by atoms with Crippen LogP contribution < -0.4 is 16.0 Å². The number of nitrogens with zero attached hydrogens (tertiary/aromatic N) is 2. The number of nitrogen functional groups attached to an aromatic ring is 1. The van der Waals surface area contributed by atoms with Gasteiger partial charge in [-0.05, 0) is 13.3 Å². The van der Waals surface area contributed by atoms with Crippen LogP contribution in [0.1, 0.15) is 25.6 Å². The molecular weight excluding hydrogens is 220 g/mol. The van der Waals surface area contributed by atoms with E-state index in [1.165, 1.54) is 0 Å². The van der Waals surface area contributed by atoms with Gasteiger partial charge >= 0.3 is 0 Å². The lowest BCUT2D eigenvalue weighted by Crippen LogP contribution is -2.12. The summed E-state index contributed by atoms with van der Waals surface area (Å²) in [5.41, 5.74) is 2.46. The largest absolute Gasteiger partial charge is 0.475 e. The molecule has 6 nitrogen and oxygen atoms in total. The Hall–Kier alpha value is -1.40. The Morgan fingerprint density at radius 2 is 2.12 bits per heavy atom. The van der Waals surface area contributed by atoms with Crippen molar-refractivity contribution in [3.05, 3.63) is 11.9 Å². The molecule has 6 heteroatoms. The molecule has 0 aliphatic heterocycles. The second kappa shape index (κ2) is 7.81. The van der Waals surface area contributed by atoms with Gasteiger partial charge in [0.2, 0.25) is 5.88 Å². The van der Waals surface area contributed by atoms with Crippen molar-refractivity contribution in [1.82, 2.24) is 9.97 Å². The van der Waals surface area contributed by atoms with Gasteiger partial charge in [0.15, 0.2) is 0 Å². The highest BCUT2D eigenvalue weighted by Gasteiger charge is 2.01. The van der Waals surface area contributed by atoms with Crippen LogP contribution in [-0.2, 0) is 4.74 Å². The predicted molar refractivity (Wildman–Crippen MR) is 65.8 cm³/mol. The summed E-state index contributed by atoms with van der Waals surface area (Å²) in [7, 11) is 0. The van der Waals surface area contributed by atoms with Gasteiger partial charge in [0.05, 0.1) is 6.61 Å². The molecule has 0 spiro atoms. The van der Waals surface area contributed by atoms with Crippen LogP contribution in [0.25, 0.3) is 0 Å². The normalized spacial score (nSPS) is 10.3. The van der Waals surface area contributed by atoms with Crippen molar-refractivity contribution in [2.75, 3.05) is 25.2 Å². The molecule has 0 amide bonds. The second-order valence-corrected chi connectivity index (χ2v) is 3.60. The molecule has 1 heterocycles. The molecule has 0 saturated carbocycles. The Bertz CT molecular complexity index is 333. The highest BCUT2D eigenvalue weighted by atomic mass is 16.5. The molecule has 0 atom stereocenters. The first kappa shape index (κ1) is 13.7. The van der Waals surface area contributed by atoms with Crippen LogP contribution in [0.3, 0.4) is 0 Å². The molecule has 0 saturated heterocycles. The molecule has 1 aromatic rings. The van der Waals surface area contributed by atoms with Gasteiger partial charge in [-0.25, -0.2) is 10.8 Å². The van der Waals surface area contributed by atoms with E-state index >= 15 is 0 Å². The van der Waals surface area contributed by atoms with E-state index in [-0.39, 0.29) is 0 Å². The molecule has 0 aliphatic rings. The lowest BCUT2D eigenvalue weighted by molar-refractivity contribution is 0.0964. The monoisotopic (exact) mass is 240 g/mol. The molecule has 0 radical (unpaired) electrons. The molecule has 0 bridgehead atoms. The number of anilines is 1. The first-order valence-corrected chi connectivity index (χ1v) is 5.79. The number of aromatic nitrogens is 2. The summed E-state index contributed by atoms with van der Waals surface area (Å²) in [5.74, 6) is 6.94. The van der Waals surface area contributed by atoms with Gasteiger partial charge < -0.3 is 14.9 Å². The summed E-state index contributed by atoms with van der Waals surface area (Å²) in [6.07, 6.45) is 2.21. The Morgan fingerprint density at radius 1 is 1.29 bits per heavy atom. The molecule has 17 heavy (non-hydrogen) atoms. The number of hydrogen-bond acceptors (Lipinski definition) is 6. The van der Waals surface area contributed by atoms with Crippen LogP contribution in [0, 0.1) is 6.92 Å². The van der Waals surface area contributed by atoms with Crippen molar-refractivity contribution in [3.63, 3.8) is 0 Å². The van der Waals surface area contributed by atoms with E-state index in [0.717, 1.165) is 19.4 Å². The third-order valence-electron chi connectivity index (χ3n) is 2.08. The number of hydrazine groups is 1. The molecule has 0 aromatic carbocycles. The van der Waals surface area contributed by atoms with E-state index in [1.54, 1.807) is 13.0 Å². The Kier molecular flexibility index (Phi) is 6.27. The number of hydrogen-bond donors (Lipinski definition) is 2. The van der Waals surface area contributed by atoms with E-state index in [2.05, 4.69) is 22.3 Å². The fourth-order valence-corrected chi connectivity index (χ4v) is 1.24. The summed E-state index contributed by atoms with van der Waals surface area (Å²) in [5, 5.41) is 0. The molecule has 1 rings (SSSR count). The third-order valence-corrected chi connectivity index (χ3v) is 2.08. The van der Waals surface area contributed by atoms with Crippen LogP contribution >= 0.6 is 0 Å². The first-order chi connectivity index (χ1) is 8.26. The minimum atomic E-state index is 0.476. The third kappa shape index (κ3) is 5.46. The SMILES string of the molecule is CCCCOCCOc1cc(NN)nc(C)n1. The van der Waals surface area contributed by atoms with E-state index < -0.39 is 0 Å². The number of ether oxygens (including phenoxy) is 2. The predicted octanol–water partition coefficient (Wildman–Crippen LogP) is 1.27. The number of nitrogens with one attached hydrogen (secondary N) is 1. The quantitative estimate of drug-likeness (QED) is 0.404. The summed E-state index contributed by atoms with van der Waals surface area (Å²) in [6, 6.07) is 1.65. The van der Waals surface area contributed by atoms with Gasteiger partial charge in [-0.15, -0.1) is 0 Å². The minimum Gasteiger partial charge on any atom is -0.475 e. The topological polar surface area (TPSA) is 82.3 Å². The maximum absolute atomic E-state index is 5.44. The molecule has 0 aliphatic carbocycles. The molecule has 3 N–H and O–H groups in total. The van der Waals surface area contributed by atoms with E-state index in [0.29, 0.717) is 30.7 Å². The van der Waals surface area contributed by atoms with Gasteiger partial charge in [-0.1, -0.05) is 13.3 Å². The van der Waals surface area contributed by atoms with Crippen molar-refractivity contribution < 1.29 is 9.47 Å². The standard InChI is InChI=1S/C11H20N4O2/c1-3-4-5-16-6-7-17-11-8-10(15-12)13-9(2)14-11/h8H,3-7,12H2,1-2H3,(H,13,14,15). The average molecular weight is 240 g/mol. The van der Waals surface area contributed by atoms with Crippen molar-refractivity contribution >= 4 is 5.82 Å². The molecular formula is C11H20N4O2. The lowest BCUT2D eigenvalue weighted by Gasteiger charge is -2.08. The van der Waals surface area contributed by atoms with Gasteiger partial charge in [0, 0.05) is 12.7 Å². The van der Waals surface area contributed by atoms with E-state index in [9.17, 15) is 0 Å².